The van der Waals surface area contributed by atoms with E-state index in [1.807, 2.05) is 11.6 Å². The Morgan fingerprint density at radius 1 is 1.56 bits per heavy atom. The number of ether oxygens (including phenoxy) is 1. The maximum Gasteiger partial charge on any atom is 0.309 e. The van der Waals surface area contributed by atoms with Gasteiger partial charge in [0.1, 0.15) is 0 Å². The third-order valence-corrected chi connectivity index (χ3v) is 3.73. The molecule has 0 aromatic carbocycles. The molecule has 7 heteroatoms. The van der Waals surface area contributed by atoms with E-state index >= 15 is 0 Å². The van der Waals surface area contributed by atoms with Crippen LogP contribution in [0.1, 0.15) is 32.5 Å². The van der Waals surface area contributed by atoms with Gasteiger partial charge in [0.05, 0.1) is 18.8 Å². The van der Waals surface area contributed by atoms with Gasteiger partial charge in [-0.1, -0.05) is 20.3 Å². The van der Waals surface area contributed by atoms with E-state index < -0.39 is 0 Å². The summed E-state index contributed by atoms with van der Waals surface area (Å²) in [5, 5.41) is 11.6. The van der Waals surface area contributed by atoms with Gasteiger partial charge in [0.25, 0.3) is 0 Å². The first-order valence-corrected chi connectivity index (χ1v) is 7.25. The van der Waals surface area contributed by atoms with Crippen molar-refractivity contribution in [1.82, 2.24) is 20.2 Å². The second kappa shape index (κ2) is 8.07. The van der Waals surface area contributed by atoms with E-state index in [4.69, 9.17) is 0 Å². The molecule has 1 rings (SSSR count). The molecule has 0 aliphatic carbocycles. The number of thioether (sulfide) groups is 1. The largest absolute Gasteiger partial charge is 0.469 e. The normalized spacial score (nSPS) is 12.4. The molecule has 1 unspecified atom stereocenters. The molecule has 102 valence electrons. The van der Waals surface area contributed by atoms with E-state index in [1.165, 1.54) is 7.11 Å². The van der Waals surface area contributed by atoms with Gasteiger partial charge in [-0.2, -0.15) is 11.8 Å². The van der Waals surface area contributed by atoms with Crippen LogP contribution < -0.4 is 0 Å². The van der Waals surface area contributed by atoms with Crippen molar-refractivity contribution in [3.05, 3.63) is 5.82 Å². The average Bonchev–Trinajstić information content (AvgIpc) is 2.82. The van der Waals surface area contributed by atoms with Crippen molar-refractivity contribution < 1.29 is 9.53 Å². The quantitative estimate of drug-likeness (QED) is 0.668. The lowest BCUT2D eigenvalue weighted by atomic mass is 10.2. The summed E-state index contributed by atoms with van der Waals surface area (Å²) in [6.07, 6.45) is 2.19. The van der Waals surface area contributed by atoms with Crippen molar-refractivity contribution >= 4 is 17.7 Å². The summed E-state index contributed by atoms with van der Waals surface area (Å²) in [6.45, 7) is 4.85. The Balaban J connectivity index is 2.35. The van der Waals surface area contributed by atoms with Crippen LogP contribution in [0.2, 0.25) is 0 Å². The van der Waals surface area contributed by atoms with Crippen LogP contribution in [0.4, 0.5) is 0 Å². The number of aryl methyl sites for hydroxylation is 1. The Labute approximate surface area is 111 Å². The molecule has 0 radical (unpaired) electrons. The Morgan fingerprint density at radius 2 is 2.33 bits per heavy atom. The lowest BCUT2D eigenvalue weighted by Gasteiger charge is -2.08. The highest BCUT2D eigenvalue weighted by Crippen LogP contribution is 2.14. The first-order valence-electron chi connectivity index (χ1n) is 6.09. The lowest BCUT2D eigenvalue weighted by molar-refractivity contribution is -0.143. The number of unbranched alkanes of at least 4 members (excludes halogenated alkanes) is 1. The van der Waals surface area contributed by atoms with Gasteiger partial charge < -0.3 is 4.74 Å². The monoisotopic (exact) mass is 272 g/mol. The van der Waals surface area contributed by atoms with Crippen molar-refractivity contribution in [2.24, 2.45) is 5.92 Å². The van der Waals surface area contributed by atoms with Crippen molar-refractivity contribution in [3.63, 3.8) is 0 Å². The van der Waals surface area contributed by atoms with E-state index in [1.54, 1.807) is 11.8 Å². The van der Waals surface area contributed by atoms with Gasteiger partial charge >= 0.3 is 5.97 Å². The highest BCUT2D eigenvalue weighted by molar-refractivity contribution is 7.98. The summed E-state index contributed by atoms with van der Waals surface area (Å²) in [5.74, 6) is 2.03. The molecule has 1 aromatic rings. The zero-order valence-corrected chi connectivity index (χ0v) is 11.9. The number of carbonyl (C=O) groups excluding carboxylic acids is 1. The summed E-state index contributed by atoms with van der Waals surface area (Å²) in [4.78, 5) is 11.2. The second-order valence-electron chi connectivity index (χ2n) is 4.11. The first kappa shape index (κ1) is 14.9. The van der Waals surface area contributed by atoms with Crippen LogP contribution in [-0.2, 0) is 21.8 Å². The third-order valence-electron chi connectivity index (χ3n) is 2.53. The van der Waals surface area contributed by atoms with Gasteiger partial charge in [-0.3, -0.25) is 4.79 Å². The SMILES string of the molecule is CCCCn1nnnc1CSCC(C)C(=O)OC. The zero-order chi connectivity index (χ0) is 13.4. The van der Waals surface area contributed by atoms with Crippen LogP contribution >= 0.6 is 11.8 Å². The third kappa shape index (κ3) is 4.64. The molecule has 0 bridgehead atoms. The second-order valence-corrected chi connectivity index (χ2v) is 5.14. The minimum atomic E-state index is -0.173. The average molecular weight is 272 g/mol. The topological polar surface area (TPSA) is 69.9 Å². The van der Waals surface area contributed by atoms with Crippen molar-refractivity contribution in [1.29, 1.82) is 0 Å². The number of esters is 1. The molecule has 0 spiro atoms. The van der Waals surface area contributed by atoms with Crippen molar-refractivity contribution in [2.75, 3.05) is 12.9 Å². The Morgan fingerprint density at radius 3 is 3.00 bits per heavy atom. The van der Waals surface area contributed by atoms with E-state index in [2.05, 4.69) is 27.2 Å². The van der Waals surface area contributed by atoms with Crippen LogP contribution in [0.5, 0.6) is 0 Å². The van der Waals surface area contributed by atoms with E-state index in [-0.39, 0.29) is 11.9 Å². The molecule has 0 N–H and O–H groups in total. The maximum absolute atomic E-state index is 11.2. The molecule has 0 aliphatic rings. The van der Waals surface area contributed by atoms with Gasteiger partial charge in [-0.15, -0.1) is 5.10 Å². The van der Waals surface area contributed by atoms with Gasteiger partial charge in [0.15, 0.2) is 5.82 Å². The summed E-state index contributed by atoms with van der Waals surface area (Å²) in [5.41, 5.74) is 0. The fourth-order valence-corrected chi connectivity index (χ4v) is 2.40. The molecular weight excluding hydrogens is 252 g/mol. The molecule has 18 heavy (non-hydrogen) atoms. The smallest absolute Gasteiger partial charge is 0.309 e. The minimum Gasteiger partial charge on any atom is -0.469 e. The molecule has 0 amide bonds. The Kier molecular flexibility index (Phi) is 6.70. The molecule has 0 fully saturated rings. The van der Waals surface area contributed by atoms with Gasteiger partial charge in [-0.25, -0.2) is 4.68 Å². The number of hydrogen-bond acceptors (Lipinski definition) is 6. The summed E-state index contributed by atoms with van der Waals surface area (Å²) in [7, 11) is 1.41. The summed E-state index contributed by atoms with van der Waals surface area (Å²) >= 11 is 1.65. The molecule has 0 saturated heterocycles. The van der Waals surface area contributed by atoms with Crippen molar-refractivity contribution in [2.45, 2.75) is 39.0 Å². The van der Waals surface area contributed by atoms with Gasteiger partial charge in [-0.05, 0) is 16.8 Å². The molecule has 0 saturated carbocycles. The van der Waals surface area contributed by atoms with Crippen LogP contribution in [0, 0.1) is 5.92 Å². The highest BCUT2D eigenvalue weighted by Gasteiger charge is 2.14. The Hall–Kier alpha value is -1.11. The number of nitrogens with zero attached hydrogens (tertiary/aromatic N) is 4. The van der Waals surface area contributed by atoms with Crippen molar-refractivity contribution in [3.8, 4) is 0 Å². The number of rotatable bonds is 8. The van der Waals surface area contributed by atoms with E-state index in [9.17, 15) is 4.79 Å². The summed E-state index contributed by atoms with van der Waals surface area (Å²) < 4.78 is 6.51. The van der Waals surface area contributed by atoms with Crippen LogP contribution in [-0.4, -0.2) is 39.0 Å². The number of methoxy groups -OCH3 is 1. The van der Waals surface area contributed by atoms with E-state index in [0.29, 0.717) is 5.75 Å². The predicted octanol–water partition coefficient (Wildman–Crippen LogP) is 1.52. The lowest BCUT2D eigenvalue weighted by Crippen LogP contribution is -2.15. The van der Waals surface area contributed by atoms with Gasteiger partial charge in [0, 0.05) is 12.3 Å². The highest BCUT2D eigenvalue weighted by atomic mass is 32.2. The number of hydrogen-bond donors (Lipinski definition) is 0. The summed E-state index contributed by atoms with van der Waals surface area (Å²) in [6, 6.07) is 0. The Bertz CT molecular complexity index is 370. The van der Waals surface area contributed by atoms with Crippen LogP contribution in [0.25, 0.3) is 0 Å². The maximum atomic E-state index is 11.2. The fourth-order valence-electron chi connectivity index (χ4n) is 1.40. The van der Waals surface area contributed by atoms with Gasteiger partial charge in [0.2, 0.25) is 0 Å². The standard InChI is InChI=1S/C11H20N4O2S/c1-4-5-6-15-10(12-13-14-15)8-18-7-9(2)11(16)17-3/h9H,4-8H2,1-3H3. The van der Waals surface area contributed by atoms with Crippen LogP contribution in [0.15, 0.2) is 0 Å². The molecular formula is C11H20N4O2S. The number of aromatic nitrogens is 4. The number of tetrazole rings is 1. The number of carbonyl (C=O) groups is 1. The fraction of sp³-hybridized carbons (Fsp3) is 0.818. The minimum absolute atomic E-state index is 0.0972. The van der Waals surface area contributed by atoms with E-state index in [0.717, 1.165) is 31.0 Å². The molecule has 1 atom stereocenters. The van der Waals surface area contributed by atoms with Crippen LogP contribution in [0.3, 0.4) is 0 Å². The predicted molar refractivity (Wildman–Crippen MR) is 70.1 cm³/mol. The molecule has 6 nitrogen and oxygen atoms in total. The zero-order valence-electron chi connectivity index (χ0n) is 11.1. The molecule has 1 heterocycles. The molecule has 1 aromatic heterocycles. The molecule has 0 aliphatic heterocycles. The first-order chi connectivity index (χ1) is 8.69.